The van der Waals surface area contributed by atoms with E-state index in [1.807, 2.05) is 0 Å². The highest BCUT2D eigenvalue weighted by Crippen LogP contribution is 2.23. The van der Waals surface area contributed by atoms with Gasteiger partial charge in [-0.2, -0.15) is 0 Å². The standard InChI is InChI=1S/C20H16FN3O4/c1-13-3-2-4-17(19(13)24(26)27)20(25)23-12-14-5-10-18(22-11-14)28-16-8-6-15(21)7-9-16/h2-11H,12H2,1H3,(H,23,25). The van der Waals surface area contributed by atoms with Crippen molar-refractivity contribution in [1.82, 2.24) is 10.3 Å². The largest absolute Gasteiger partial charge is 0.439 e. The molecule has 0 atom stereocenters. The number of hydrogen-bond donors (Lipinski definition) is 1. The minimum atomic E-state index is -0.562. The lowest BCUT2D eigenvalue weighted by Crippen LogP contribution is -2.24. The van der Waals surface area contributed by atoms with Gasteiger partial charge in [0.05, 0.1) is 4.92 Å². The van der Waals surface area contributed by atoms with Gasteiger partial charge in [-0.15, -0.1) is 0 Å². The zero-order valence-corrected chi connectivity index (χ0v) is 14.9. The Bertz CT molecular complexity index is 1000. The predicted molar refractivity (Wildman–Crippen MR) is 99.7 cm³/mol. The molecule has 0 spiro atoms. The number of halogens is 1. The molecule has 1 aromatic heterocycles. The van der Waals surface area contributed by atoms with Gasteiger partial charge in [0, 0.05) is 24.4 Å². The van der Waals surface area contributed by atoms with E-state index in [4.69, 9.17) is 4.74 Å². The van der Waals surface area contributed by atoms with E-state index in [1.54, 1.807) is 31.2 Å². The van der Waals surface area contributed by atoms with Crippen LogP contribution in [0.25, 0.3) is 0 Å². The number of amides is 1. The molecule has 1 amide bonds. The van der Waals surface area contributed by atoms with Crippen molar-refractivity contribution in [2.75, 3.05) is 0 Å². The second-order valence-corrected chi connectivity index (χ2v) is 5.97. The number of ether oxygens (including phenoxy) is 1. The first-order chi connectivity index (χ1) is 13.4. The van der Waals surface area contributed by atoms with Crippen LogP contribution < -0.4 is 10.1 Å². The summed E-state index contributed by atoms with van der Waals surface area (Å²) >= 11 is 0. The number of nitro benzene ring substituents is 1. The molecule has 7 nitrogen and oxygen atoms in total. The smallest absolute Gasteiger partial charge is 0.285 e. The number of carbonyl (C=O) groups excluding carboxylic acids is 1. The number of aryl methyl sites for hydroxylation is 1. The molecule has 0 aliphatic carbocycles. The van der Waals surface area contributed by atoms with Crippen LogP contribution in [0.2, 0.25) is 0 Å². The fourth-order valence-corrected chi connectivity index (χ4v) is 2.56. The Morgan fingerprint density at radius 1 is 1.18 bits per heavy atom. The molecule has 0 bridgehead atoms. The van der Waals surface area contributed by atoms with Gasteiger partial charge in [0.25, 0.3) is 11.6 Å². The van der Waals surface area contributed by atoms with Crippen molar-refractivity contribution in [3.63, 3.8) is 0 Å². The molecular weight excluding hydrogens is 365 g/mol. The molecule has 1 N–H and O–H groups in total. The lowest BCUT2D eigenvalue weighted by Gasteiger charge is -2.08. The van der Waals surface area contributed by atoms with Crippen molar-refractivity contribution in [2.45, 2.75) is 13.5 Å². The van der Waals surface area contributed by atoms with Crippen molar-refractivity contribution in [1.29, 1.82) is 0 Å². The van der Waals surface area contributed by atoms with Crippen LogP contribution in [-0.4, -0.2) is 15.8 Å². The molecule has 2 aromatic carbocycles. The monoisotopic (exact) mass is 381 g/mol. The highest BCUT2D eigenvalue weighted by molar-refractivity contribution is 5.98. The lowest BCUT2D eigenvalue weighted by molar-refractivity contribution is -0.385. The summed E-state index contributed by atoms with van der Waals surface area (Å²) in [5.41, 5.74) is 0.909. The third-order valence-electron chi connectivity index (χ3n) is 3.95. The first-order valence-corrected chi connectivity index (χ1v) is 8.34. The van der Waals surface area contributed by atoms with Crippen LogP contribution in [0.3, 0.4) is 0 Å². The molecule has 0 saturated carbocycles. The molecule has 28 heavy (non-hydrogen) atoms. The van der Waals surface area contributed by atoms with Crippen LogP contribution in [0.1, 0.15) is 21.5 Å². The minimum Gasteiger partial charge on any atom is -0.439 e. The van der Waals surface area contributed by atoms with E-state index in [-0.39, 0.29) is 23.6 Å². The Hall–Kier alpha value is -3.81. The van der Waals surface area contributed by atoms with Crippen molar-refractivity contribution < 1.29 is 18.8 Å². The summed E-state index contributed by atoms with van der Waals surface area (Å²) in [4.78, 5) is 27.1. The molecule has 8 heteroatoms. The van der Waals surface area contributed by atoms with E-state index >= 15 is 0 Å². The number of nitrogens with zero attached hydrogens (tertiary/aromatic N) is 2. The highest BCUT2D eigenvalue weighted by Gasteiger charge is 2.22. The topological polar surface area (TPSA) is 94.4 Å². The van der Waals surface area contributed by atoms with Crippen LogP contribution in [-0.2, 0) is 6.54 Å². The number of hydrogen-bond acceptors (Lipinski definition) is 5. The van der Waals surface area contributed by atoms with Crippen molar-refractivity contribution >= 4 is 11.6 Å². The summed E-state index contributed by atoms with van der Waals surface area (Å²) in [5.74, 6) is -0.139. The summed E-state index contributed by atoms with van der Waals surface area (Å²) in [6, 6.07) is 13.4. The molecular formula is C20H16FN3O4. The molecule has 0 radical (unpaired) electrons. The number of benzene rings is 2. The second-order valence-electron chi connectivity index (χ2n) is 5.97. The number of para-hydroxylation sites is 1. The van der Waals surface area contributed by atoms with Crippen LogP contribution >= 0.6 is 0 Å². The van der Waals surface area contributed by atoms with Gasteiger partial charge >= 0.3 is 0 Å². The number of aromatic nitrogens is 1. The maximum Gasteiger partial charge on any atom is 0.285 e. The SMILES string of the molecule is Cc1cccc(C(=O)NCc2ccc(Oc3ccc(F)cc3)nc2)c1[N+](=O)[O-]. The van der Waals surface area contributed by atoms with Gasteiger partial charge in [-0.1, -0.05) is 18.2 Å². The van der Waals surface area contributed by atoms with Crippen molar-refractivity contribution in [3.8, 4) is 11.6 Å². The van der Waals surface area contributed by atoms with Crippen LogP contribution in [0, 0.1) is 22.9 Å². The molecule has 0 aliphatic rings. The molecule has 3 aromatic rings. The number of nitrogens with one attached hydrogen (secondary N) is 1. The molecule has 0 aliphatic heterocycles. The molecule has 0 fully saturated rings. The summed E-state index contributed by atoms with van der Waals surface area (Å²) in [5, 5.41) is 13.9. The van der Waals surface area contributed by atoms with Gasteiger partial charge in [-0.25, -0.2) is 9.37 Å². The summed E-state index contributed by atoms with van der Waals surface area (Å²) < 4.78 is 18.4. The van der Waals surface area contributed by atoms with E-state index in [0.29, 0.717) is 22.8 Å². The van der Waals surface area contributed by atoms with Crippen LogP contribution in [0.15, 0.2) is 60.8 Å². The van der Waals surface area contributed by atoms with Crippen LogP contribution in [0.4, 0.5) is 10.1 Å². The molecule has 1 heterocycles. The normalized spacial score (nSPS) is 10.4. The van der Waals surface area contributed by atoms with Crippen molar-refractivity contribution in [3.05, 3.63) is 93.4 Å². The summed E-state index contributed by atoms with van der Waals surface area (Å²) in [6.45, 7) is 1.73. The van der Waals surface area contributed by atoms with Gasteiger partial charge in [-0.3, -0.25) is 14.9 Å². The van der Waals surface area contributed by atoms with E-state index in [0.717, 1.165) is 0 Å². The molecule has 0 saturated heterocycles. The fourth-order valence-electron chi connectivity index (χ4n) is 2.56. The van der Waals surface area contributed by atoms with Gasteiger partial charge in [0.15, 0.2) is 0 Å². The average Bonchev–Trinajstić information content (AvgIpc) is 2.68. The number of carbonyl (C=O) groups is 1. The second kappa shape index (κ2) is 8.26. The summed E-state index contributed by atoms with van der Waals surface area (Å²) in [6.07, 6.45) is 1.52. The number of rotatable bonds is 6. The Morgan fingerprint density at radius 3 is 2.57 bits per heavy atom. The van der Waals surface area contributed by atoms with Gasteiger partial charge in [0.2, 0.25) is 5.88 Å². The third-order valence-corrected chi connectivity index (χ3v) is 3.95. The predicted octanol–water partition coefficient (Wildman–Crippen LogP) is 4.16. The van der Waals surface area contributed by atoms with Gasteiger partial charge < -0.3 is 10.1 Å². The molecule has 3 rings (SSSR count). The number of pyridine rings is 1. The van der Waals surface area contributed by atoms with E-state index in [9.17, 15) is 19.3 Å². The molecule has 142 valence electrons. The van der Waals surface area contributed by atoms with Crippen molar-refractivity contribution in [2.24, 2.45) is 0 Å². The molecule has 0 unspecified atom stereocenters. The third kappa shape index (κ3) is 4.47. The maximum absolute atomic E-state index is 12.9. The van der Waals surface area contributed by atoms with Crippen LogP contribution in [0.5, 0.6) is 11.6 Å². The van der Waals surface area contributed by atoms with E-state index in [2.05, 4.69) is 10.3 Å². The Balaban J connectivity index is 1.64. The first-order valence-electron chi connectivity index (χ1n) is 8.34. The Kier molecular flexibility index (Phi) is 5.59. The maximum atomic E-state index is 12.9. The lowest BCUT2D eigenvalue weighted by atomic mass is 10.1. The van der Waals surface area contributed by atoms with Gasteiger partial charge in [-0.05, 0) is 42.8 Å². The first kappa shape index (κ1) is 19.0. The quantitative estimate of drug-likeness (QED) is 0.511. The summed E-state index contributed by atoms with van der Waals surface area (Å²) in [7, 11) is 0. The average molecular weight is 381 g/mol. The minimum absolute atomic E-state index is 0.00854. The van der Waals surface area contributed by atoms with E-state index in [1.165, 1.54) is 36.5 Å². The highest BCUT2D eigenvalue weighted by atomic mass is 19.1. The number of nitro groups is 1. The zero-order valence-electron chi connectivity index (χ0n) is 14.9. The van der Waals surface area contributed by atoms with Gasteiger partial charge in [0.1, 0.15) is 17.1 Å². The fraction of sp³-hybridized carbons (Fsp3) is 0.100. The zero-order chi connectivity index (χ0) is 20.1. The van der Waals surface area contributed by atoms with E-state index < -0.39 is 10.8 Å². The Morgan fingerprint density at radius 2 is 1.93 bits per heavy atom. The Labute approximate surface area is 160 Å².